The van der Waals surface area contributed by atoms with Gasteiger partial charge >= 0.3 is 0 Å². The third-order valence-corrected chi connectivity index (χ3v) is 4.18. The van der Waals surface area contributed by atoms with E-state index in [-0.39, 0.29) is 0 Å². The lowest BCUT2D eigenvalue weighted by Gasteiger charge is -2.23. The van der Waals surface area contributed by atoms with E-state index in [0.717, 1.165) is 17.9 Å². The van der Waals surface area contributed by atoms with Crippen LogP contribution in [0.1, 0.15) is 38.5 Å². The molecule has 3 unspecified atom stereocenters. The molecule has 0 saturated heterocycles. The number of fused-ring (bicyclic) bond motifs is 2. The zero-order chi connectivity index (χ0) is 10.7. The molecule has 15 heavy (non-hydrogen) atoms. The first-order valence-electron chi connectivity index (χ1n) is 6.64. The lowest BCUT2D eigenvalue weighted by Crippen LogP contribution is -2.34. The van der Waals surface area contributed by atoms with Gasteiger partial charge in [-0.1, -0.05) is 6.42 Å². The van der Waals surface area contributed by atoms with Crippen molar-refractivity contribution in [3.8, 4) is 0 Å². The Morgan fingerprint density at radius 1 is 1.13 bits per heavy atom. The van der Waals surface area contributed by atoms with Crippen molar-refractivity contribution in [2.75, 3.05) is 27.2 Å². The Morgan fingerprint density at radius 2 is 2.00 bits per heavy atom. The molecule has 0 radical (unpaired) electrons. The maximum absolute atomic E-state index is 3.77. The summed E-state index contributed by atoms with van der Waals surface area (Å²) in [5.74, 6) is 2.11. The van der Waals surface area contributed by atoms with E-state index in [1.165, 1.54) is 51.6 Å². The number of nitrogens with zero attached hydrogens (tertiary/aromatic N) is 1. The third kappa shape index (κ3) is 3.18. The summed E-state index contributed by atoms with van der Waals surface area (Å²) in [4.78, 5) is 2.28. The highest BCUT2D eigenvalue weighted by molar-refractivity contribution is 4.93. The number of rotatable bonds is 6. The van der Waals surface area contributed by atoms with Gasteiger partial charge in [0.1, 0.15) is 0 Å². The van der Waals surface area contributed by atoms with Crippen LogP contribution in [0.25, 0.3) is 0 Å². The van der Waals surface area contributed by atoms with E-state index in [1.807, 2.05) is 0 Å². The predicted molar refractivity (Wildman–Crippen MR) is 65.0 cm³/mol. The van der Waals surface area contributed by atoms with Crippen LogP contribution in [0.15, 0.2) is 0 Å². The molecule has 0 aliphatic heterocycles. The van der Waals surface area contributed by atoms with Gasteiger partial charge in [-0.3, -0.25) is 0 Å². The smallest absolute Gasteiger partial charge is 0.00980 e. The Bertz CT molecular complexity index is 191. The molecule has 2 bridgehead atoms. The summed E-state index contributed by atoms with van der Waals surface area (Å²) in [6.07, 6.45) is 8.68. The molecule has 0 aromatic rings. The van der Waals surface area contributed by atoms with Gasteiger partial charge in [0.15, 0.2) is 0 Å². The van der Waals surface area contributed by atoms with E-state index < -0.39 is 0 Å². The lowest BCUT2D eigenvalue weighted by molar-refractivity contribution is 0.341. The maximum atomic E-state index is 3.77. The second kappa shape index (κ2) is 5.31. The number of hydrogen-bond donors (Lipinski definition) is 1. The molecule has 1 N–H and O–H groups in total. The first-order valence-corrected chi connectivity index (χ1v) is 6.64. The average Bonchev–Trinajstić information content (AvgIpc) is 2.78. The lowest BCUT2D eigenvalue weighted by atomic mass is 9.95. The van der Waals surface area contributed by atoms with E-state index in [9.17, 15) is 0 Å². The Hall–Kier alpha value is -0.0800. The van der Waals surface area contributed by atoms with Crippen molar-refractivity contribution >= 4 is 0 Å². The summed E-state index contributed by atoms with van der Waals surface area (Å²) < 4.78 is 0. The van der Waals surface area contributed by atoms with Crippen LogP contribution in [0.3, 0.4) is 0 Å². The van der Waals surface area contributed by atoms with Gasteiger partial charge in [0, 0.05) is 6.04 Å². The van der Waals surface area contributed by atoms with Crippen LogP contribution in [0.2, 0.25) is 0 Å². The molecule has 0 amide bonds. The zero-order valence-corrected chi connectivity index (χ0v) is 10.3. The maximum Gasteiger partial charge on any atom is 0.00980 e. The third-order valence-electron chi connectivity index (χ3n) is 4.18. The van der Waals surface area contributed by atoms with Crippen molar-refractivity contribution in [2.24, 2.45) is 11.8 Å². The van der Waals surface area contributed by atoms with Gasteiger partial charge in [0.05, 0.1) is 0 Å². The number of nitrogens with one attached hydrogen (secondary N) is 1. The Morgan fingerprint density at radius 3 is 2.60 bits per heavy atom. The minimum Gasteiger partial charge on any atom is -0.314 e. The minimum absolute atomic E-state index is 0.878. The zero-order valence-electron chi connectivity index (χ0n) is 10.3. The van der Waals surface area contributed by atoms with Crippen molar-refractivity contribution in [2.45, 2.75) is 44.6 Å². The normalized spacial score (nSPS) is 34.2. The highest BCUT2D eigenvalue weighted by Crippen LogP contribution is 2.44. The van der Waals surface area contributed by atoms with E-state index in [1.54, 1.807) is 0 Å². The average molecular weight is 210 g/mol. The van der Waals surface area contributed by atoms with Crippen LogP contribution in [0.4, 0.5) is 0 Å². The van der Waals surface area contributed by atoms with E-state index >= 15 is 0 Å². The molecule has 2 aliphatic carbocycles. The summed E-state index contributed by atoms with van der Waals surface area (Å²) in [5, 5.41) is 3.77. The largest absolute Gasteiger partial charge is 0.314 e. The van der Waals surface area contributed by atoms with Gasteiger partial charge in [-0.05, 0) is 71.1 Å². The van der Waals surface area contributed by atoms with Crippen LogP contribution in [0.5, 0.6) is 0 Å². The molecule has 0 aromatic carbocycles. The van der Waals surface area contributed by atoms with E-state index in [0.29, 0.717) is 0 Å². The molecule has 0 spiro atoms. The monoisotopic (exact) mass is 210 g/mol. The second-order valence-corrected chi connectivity index (χ2v) is 5.75. The fourth-order valence-corrected chi connectivity index (χ4v) is 3.34. The van der Waals surface area contributed by atoms with Gasteiger partial charge in [-0.15, -0.1) is 0 Å². The minimum atomic E-state index is 0.878. The van der Waals surface area contributed by atoms with Crippen LogP contribution in [0, 0.1) is 11.8 Å². The highest BCUT2D eigenvalue weighted by atomic mass is 15.0. The molecule has 0 heterocycles. The van der Waals surface area contributed by atoms with Gasteiger partial charge in [0.2, 0.25) is 0 Å². The summed E-state index contributed by atoms with van der Waals surface area (Å²) >= 11 is 0. The molecule has 0 aromatic heterocycles. The Kier molecular flexibility index (Phi) is 4.04. The van der Waals surface area contributed by atoms with Gasteiger partial charge in [-0.2, -0.15) is 0 Å². The molecular weight excluding hydrogens is 184 g/mol. The summed E-state index contributed by atoms with van der Waals surface area (Å²) in [7, 11) is 4.31. The molecule has 2 heteroatoms. The van der Waals surface area contributed by atoms with Crippen molar-refractivity contribution < 1.29 is 0 Å². The van der Waals surface area contributed by atoms with Crippen molar-refractivity contribution in [1.29, 1.82) is 0 Å². The Labute approximate surface area is 94.4 Å². The van der Waals surface area contributed by atoms with E-state index in [4.69, 9.17) is 0 Å². The van der Waals surface area contributed by atoms with Crippen molar-refractivity contribution in [3.63, 3.8) is 0 Å². The fourth-order valence-electron chi connectivity index (χ4n) is 3.34. The standard InChI is InChI=1S/C13H26N2/c1-15(2)8-4-3-7-14-13-10-11-5-6-12(13)9-11/h11-14H,3-10H2,1-2H3. The van der Waals surface area contributed by atoms with E-state index in [2.05, 4.69) is 24.3 Å². The first kappa shape index (κ1) is 11.4. The molecule has 2 saturated carbocycles. The second-order valence-electron chi connectivity index (χ2n) is 5.75. The van der Waals surface area contributed by atoms with Crippen LogP contribution < -0.4 is 5.32 Å². The molecule has 2 nitrogen and oxygen atoms in total. The predicted octanol–water partition coefficient (Wildman–Crippen LogP) is 2.11. The summed E-state index contributed by atoms with van der Waals surface area (Å²) in [5.41, 5.74) is 0. The Balaban J connectivity index is 1.51. The van der Waals surface area contributed by atoms with Crippen molar-refractivity contribution in [3.05, 3.63) is 0 Å². The topological polar surface area (TPSA) is 15.3 Å². The summed E-state index contributed by atoms with van der Waals surface area (Å²) in [6.45, 7) is 2.47. The summed E-state index contributed by atoms with van der Waals surface area (Å²) in [6, 6.07) is 0.878. The van der Waals surface area contributed by atoms with Gasteiger partial charge in [0.25, 0.3) is 0 Å². The van der Waals surface area contributed by atoms with Crippen molar-refractivity contribution in [1.82, 2.24) is 10.2 Å². The molecule has 3 atom stereocenters. The fraction of sp³-hybridized carbons (Fsp3) is 1.00. The first-order chi connectivity index (χ1) is 7.25. The molecule has 2 fully saturated rings. The SMILES string of the molecule is CN(C)CCCCNC1CC2CCC1C2. The molecule has 2 aliphatic rings. The van der Waals surface area contributed by atoms with Gasteiger partial charge < -0.3 is 10.2 Å². The molecule has 88 valence electrons. The number of hydrogen-bond acceptors (Lipinski definition) is 2. The van der Waals surface area contributed by atoms with Crippen LogP contribution in [-0.2, 0) is 0 Å². The molecular formula is C13H26N2. The van der Waals surface area contributed by atoms with Gasteiger partial charge in [-0.25, -0.2) is 0 Å². The van der Waals surface area contributed by atoms with Crippen LogP contribution >= 0.6 is 0 Å². The highest BCUT2D eigenvalue weighted by Gasteiger charge is 2.38. The molecule has 2 rings (SSSR count). The quantitative estimate of drug-likeness (QED) is 0.676. The van der Waals surface area contributed by atoms with Crippen LogP contribution in [-0.4, -0.2) is 38.1 Å². The number of unbranched alkanes of at least 4 members (excludes halogenated alkanes) is 1.